The van der Waals surface area contributed by atoms with Crippen LogP contribution in [0.2, 0.25) is 0 Å². The van der Waals surface area contributed by atoms with E-state index in [1.54, 1.807) is 17.0 Å². The zero-order chi connectivity index (χ0) is 27.1. The highest BCUT2D eigenvalue weighted by atomic mass is 19.1. The Labute approximate surface area is 221 Å². The number of morpholine rings is 1. The van der Waals surface area contributed by atoms with Crippen LogP contribution in [0.15, 0.2) is 18.2 Å². The van der Waals surface area contributed by atoms with Crippen LogP contribution >= 0.6 is 0 Å². The molecule has 1 N–H and O–H groups in total. The summed E-state index contributed by atoms with van der Waals surface area (Å²) in [5.41, 5.74) is 0.933. The molecule has 3 saturated heterocycles. The molecule has 1 aromatic rings. The summed E-state index contributed by atoms with van der Waals surface area (Å²) in [7, 11) is 0. The highest BCUT2D eigenvalue weighted by molar-refractivity contribution is 5.81. The van der Waals surface area contributed by atoms with Crippen LogP contribution in [0.4, 0.5) is 10.1 Å². The molecule has 3 fully saturated rings. The number of carbonyl (C=O) groups is 4. The Morgan fingerprint density at radius 3 is 2.53 bits per heavy atom. The Hall–Kier alpha value is -3.25. The van der Waals surface area contributed by atoms with Gasteiger partial charge in [0.15, 0.2) is 6.61 Å². The van der Waals surface area contributed by atoms with Crippen molar-refractivity contribution in [3.05, 3.63) is 29.6 Å². The van der Waals surface area contributed by atoms with Crippen molar-refractivity contribution in [1.29, 1.82) is 0 Å². The fraction of sp³-hybridized carbons (Fsp3) is 0.615. The lowest BCUT2D eigenvalue weighted by atomic mass is 9.95. The SMILES string of the molecule is CC(=O)NCC1C[C@H](c2ccc(N3CCN(C(=O)COC(=O)CCN4CCOCC4)CC3)c(F)c2)C(=O)O1. The predicted octanol–water partition coefficient (Wildman–Crippen LogP) is 0.275. The van der Waals surface area contributed by atoms with Crippen molar-refractivity contribution in [3.63, 3.8) is 0 Å². The first-order chi connectivity index (χ1) is 18.3. The number of esters is 2. The maximum absolute atomic E-state index is 15.0. The fourth-order valence-electron chi connectivity index (χ4n) is 4.88. The molecule has 2 amide bonds. The first-order valence-corrected chi connectivity index (χ1v) is 13.0. The van der Waals surface area contributed by atoms with E-state index in [-0.39, 0.29) is 31.4 Å². The van der Waals surface area contributed by atoms with Crippen molar-refractivity contribution < 1.29 is 37.8 Å². The van der Waals surface area contributed by atoms with Crippen LogP contribution < -0.4 is 10.2 Å². The molecule has 3 aliphatic rings. The van der Waals surface area contributed by atoms with Gasteiger partial charge in [-0.05, 0) is 17.7 Å². The first kappa shape index (κ1) is 27.8. The minimum absolute atomic E-state index is 0.206. The van der Waals surface area contributed by atoms with E-state index in [1.807, 2.05) is 4.90 Å². The molecule has 0 saturated carbocycles. The van der Waals surface area contributed by atoms with Gasteiger partial charge in [0.1, 0.15) is 11.9 Å². The summed E-state index contributed by atoms with van der Waals surface area (Å²) < 4.78 is 30.8. The molecule has 0 aliphatic carbocycles. The summed E-state index contributed by atoms with van der Waals surface area (Å²) in [5, 5.41) is 2.63. The molecule has 3 aliphatic heterocycles. The van der Waals surface area contributed by atoms with Gasteiger partial charge >= 0.3 is 11.9 Å². The van der Waals surface area contributed by atoms with Crippen LogP contribution in [0, 0.1) is 5.82 Å². The van der Waals surface area contributed by atoms with E-state index in [0.29, 0.717) is 63.6 Å². The summed E-state index contributed by atoms with van der Waals surface area (Å²) >= 11 is 0. The summed E-state index contributed by atoms with van der Waals surface area (Å²) in [6.07, 6.45) is 0.162. The number of hydrogen-bond acceptors (Lipinski definition) is 9. The normalized spacial score (nSPS) is 22.2. The smallest absolute Gasteiger partial charge is 0.313 e. The number of benzene rings is 1. The van der Waals surface area contributed by atoms with E-state index in [1.165, 1.54) is 13.0 Å². The number of piperazine rings is 1. The lowest BCUT2D eigenvalue weighted by molar-refractivity contribution is -0.152. The number of hydrogen-bond donors (Lipinski definition) is 1. The van der Waals surface area contributed by atoms with Gasteiger partial charge in [-0.2, -0.15) is 0 Å². The number of nitrogens with one attached hydrogen (secondary N) is 1. The Morgan fingerprint density at radius 1 is 1.11 bits per heavy atom. The van der Waals surface area contributed by atoms with Crippen molar-refractivity contribution in [2.24, 2.45) is 0 Å². The van der Waals surface area contributed by atoms with Crippen LogP contribution in [-0.2, 0) is 33.4 Å². The first-order valence-electron chi connectivity index (χ1n) is 13.0. The Balaban J connectivity index is 1.21. The molecule has 208 valence electrons. The molecular weight excluding hydrogens is 499 g/mol. The van der Waals surface area contributed by atoms with Crippen LogP contribution in [0.3, 0.4) is 0 Å². The van der Waals surface area contributed by atoms with Crippen molar-refractivity contribution >= 4 is 29.4 Å². The van der Waals surface area contributed by atoms with Crippen molar-refractivity contribution in [2.45, 2.75) is 31.8 Å². The third kappa shape index (κ3) is 7.41. The molecule has 38 heavy (non-hydrogen) atoms. The average Bonchev–Trinajstić information content (AvgIpc) is 3.30. The van der Waals surface area contributed by atoms with Gasteiger partial charge in [0.2, 0.25) is 5.91 Å². The molecule has 2 atom stereocenters. The van der Waals surface area contributed by atoms with E-state index in [0.717, 1.165) is 13.1 Å². The number of rotatable bonds is 9. The lowest BCUT2D eigenvalue weighted by Gasteiger charge is -2.36. The molecule has 11 nitrogen and oxygen atoms in total. The highest BCUT2D eigenvalue weighted by Gasteiger charge is 2.36. The third-order valence-corrected chi connectivity index (χ3v) is 7.08. The van der Waals surface area contributed by atoms with Gasteiger partial charge in [0.25, 0.3) is 5.91 Å². The van der Waals surface area contributed by atoms with Gasteiger partial charge in [-0.15, -0.1) is 0 Å². The number of carbonyl (C=O) groups excluding carboxylic acids is 4. The Kier molecular flexibility index (Phi) is 9.51. The summed E-state index contributed by atoms with van der Waals surface area (Å²) in [6.45, 7) is 6.40. The molecule has 4 rings (SSSR count). The summed E-state index contributed by atoms with van der Waals surface area (Å²) in [4.78, 5) is 53.5. The second-order valence-corrected chi connectivity index (χ2v) is 9.73. The molecule has 12 heteroatoms. The van der Waals surface area contributed by atoms with E-state index in [4.69, 9.17) is 14.2 Å². The third-order valence-electron chi connectivity index (χ3n) is 7.08. The number of halogens is 1. The number of anilines is 1. The minimum atomic E-state index is -0.580. The number of ether oxygens (including phenoxy) is 3. The van der Waals surface area contributed by atoms with Crippen LogP contribution in [0.25, 0.3) is 0 Å². The van der Waals surface area contributed by atoms with Crippen molar-refractivity contribution in [2.75, 3.05) is 77.1 Å². The summed E-state index contributed by atoms with van der Waals surface area (Å²) in [6, 6.07) is 4.72. The van der Waals surface area contributed by atoms with Gasteiger partial charge in [-0.3, -0.25) is 24.1 Å². The van der Waals surface area contributed by atoms with E-state index >= 15 is 4.39 Å². The molecule has 0 bridgehead atoms. The lowest BCUT2D eigenvalue weighted by Crippen LogP contribution is -2.50. The molecule has 0 aromatic heterocycles. The topological polar surface area (TPSA) is 118 Å². The Morgan fingerprint density at radius 2 is 1.84 bits per heavy atom. The number of amides is 2. The largest absolute Gasteiger partial charge is 0.460 e. The van der Waals surface area contributed by atoms with Gasteiger partial charge in [0.05, 0.1) is 37.8 Å². The zero-order valence-corrected chi connectivity index (χ0v) is 21.7. The maximum atomic E-state index is 15.0. The molecule has 3 heterocycles. The van der Waals surface area contributed by atoms with Crippen LogP contribution in [0.5, 0.6) is 0 Å². The van der Waals surface area contributed by atoms with Gasteiger partial charge in [-0.25, -0.2) is 4.39 Å². The van der Waals surface area contributed by atoms with E-state index < -0.39 is 29.8 Å². The summed E-state index contributed by atoms with van der Waals surface area (Å²) in [5.74, 6) is -2.34. The molecule has 0 spiro atoms. The second-order valence-electron chi connectivity index (χ2n) is 9.73. The van der Waals surface area contributed by atoms with Gasteiger partial charge < -0.3 is 29.3 Å². The van der Waals surface area contributed by atoms with Crippen LogP contribution in [0.1, 0.15) is 31.2 Å². The number of nitrogens with zero attached hydrogens (tertiary/aromatic N) is 3. The molecule has 1 aromatic carbocycles. The second kappa shape index (κ2) is 13.0. The molecule has 1 unspecified atom stereocenters. The van der Waals surface area contributed by atoms with E-state index in [9.17, 15) is 19.2 Å². The fourth-order valence-corrected chi connectivity index (χ4v) is 4.88. The minimum Gasteiger partial charge on any atom is -0.460 e. The maximum Gasteiger partial charge on any atom is 0.313 e. The number of cyclic esters (lactones) is 1. The quantitative estimate of drug-likeness (QED) is 0.446. The van der Waals surface area contributed by atoms with Crippen molar-refractivity contribution in [1.82, 2.24) is 15.1 Å². The zero-order valence-electron chi connectivity index (χ0n) is 21.7. The standard InChI is InChI=1S/C26H35FN4O7/c1-18(32)28-16-20-15-21(26(35)38-20)19-2-3-23(22(27)14-19)30-6-8-31(9-7-30)24(33)17-37-25(34)4-5-29-10-12-36-13-11-29/h2-3,14,20-21H,4-13,15-17H2,1H3,(H,28,32)/t20?,21-/m1/s1. The molecular formula is C26H35FN4O7. The Bertz CT molecular complexity index is 1020. The van der Waals surface area contributed by atoms with Gasteiger partial charge in [-0.1, -0.05) is 6.07 Å². The van der Waals surface area contributed by atoms with Gasteiger partial charge in [0, 0.05) is 59.2 Å². The van der Waals surface area contributed by atoms with E-state index in [2.05, 4.69) is 10.2 Å². The van der Waals surface area contributed by atoms with Crippen molar-refractivity contribution in [3.8, 4) is 0 Å². The average molecular weight is 535 g/mol. The predicted molar refractivity (Wildman–Crippen MR) is 134 cm³/mol. The molecule has 0 radical (unpaired) electrons. The monoisotopic (exact) mass is 534 g/mol. The van der Waals surface area contributed by atoms with Crippen LogP contribution in [-0.4, -0.2) is 112 Å². The highest BCUT2D eigenvalue weighted by Crippen LogP contribution is 2.33.